The molecule has 232 valence electrons. The fraction of sp³-hybridized carbons (Fsp3) is 0.613. The normalized spacial score (nSPS) is 25.6. The summed E-state index contributed by atoms with van der Waals surface area (Å²) in [6, 6.07) is 5.78. The Bertz CT molecular complexity index is 1290. The van der Waals surface area contributed by atoms with Crippen LogP contribution in [0.5, 0.6) is 0 Å². The predicted octanol–water partition coefficient (Wildman–Crippen LogP) is 1.80. The summed E-state index contributed by atoms with van der Waals surface area (Å²) >= 11 is 1.63. The number of benzene rings is 1. The lowest BCUT2D eigenvalue weighted by Gasteiger charge is -2.34. The fourth-order valence-corrected chi connectivity index (χ4v) is 7.71. The number of nitrogens with zero attached hydrogens (tertiary/aromatic N) is 4. The largest absolute Gasteiger partial charge is 0.388 e. The minimum absolute atomic E-state index is 0.0200. The molecule has 1 saturated carbocycles. The molecule has 11 nitrogen and oxygen atoms in total. The van der Waals surface area contributed by atoms with E-state index in [0.717, 1.165) is 87.8 Å². The number of ketones is 1. The maximum absolute atomic E-state index is 13.9. The molecule has 1 aromatic carbocycles. The van der Waals surface area contributed by atoms with E-state index in [-0.39, 0.29) is 36.7 Å². The highest BCUT2D eigenvalue weighted by Crippen LogP contribution is 2.33. The predicted molar refractivity (Wildman–Crippen MR) is 162 cm³/mol. The molecular weight excluding hydrogens is 570 g/mol. The zero-order chi connectivity index (χ0) is 29.9. The van der Waals surface area contributed by atoms with Gasteiger partial charge in [0.2, 0.25) is 5.91 Å². The summed E-state index contributed by atoms with van der Waals surface area (Å²) in [4.78, 5) is 50.9. The zero-order valence-corrected chi connectivity index (χ0v) is 25.5. The molecule has 6 rings (SSSR count). The highest BCUT2D eigenvalue weighted by molar-refractivity contribution is 7.14. The van der Waals surface area contributed by atoms with E-state index in [1.54, 1.807) is 30.6 Å². The monoisotopic (exact) mass is 611 g/mol. The average Bonchev–Trinajstić information content (AvgIpc) is 3.77. The number of aromatic nitrogens is 1. The lowest BCUT2D eigenvalue weighted by molar-refractivity contribution is -0.139. The Morgan fingerprint density at radius 3 is 2.60 bits per heavy atom. The van der Waals surface area contributed by atoms with Gasteiger partial charge in [0, 0.05) is 56.3 Å². The summed E-state index contributed by atoms with van der Waals surface area (Å²) in [7, 11) is 1.73. The fourth-order valence-electron chi connectivity index (χ4n) is 6.83. The number of piperazine rings is 1. The third-order valence-corrected chi connectivity index (χ3v) is 10.2. The smallest absolute Gasteiger partial charge is 0.251 e. The highest BCUT2D eigenvalue weighted by Gasteiger charge is 2.53. The van der Waals surface area contributed by atoms with Crippen LogP contribution in [0.25, 0.3) is 11.3 Å². The SMILES string of the molecule is COCCN1CCN(c2nc(-c3ccc(C(=O)N[C@H](C(=O)N4C[C@H](O)[C@H]5OCC(=O)[C@H]54)C4CCCCC4)cc3)cs2)CC1. The number of amides is 2. The number of anilines is 1. The lowest BCUT2D eigenvalue weighted by atomic mass is 9.83. The van der Waals surface area contributed by atoms with Gasteiger partial charge in [-0.15, -0.1) is 11.3 Å². The van der Waals surface area contributed by atoms with E-state index in [1.807, 2.05) is 17.5 Å². The number of aliphatic hydroxyl groups excluding tert-OH is 1. The van der Waals surface area contributed by atoms with Gasteiger partial charge in [0.25, 0.3) is 5.91 Å². The molecule has 2 amide bonds. The van der Waals surface area contributed by atoms with E-state index in [4.69, 9.17) is 14.5 Å². The number of hydrogen-bond donors (Lipinski definition) is 2. The van der Waals surface area contributed by atoms with Gasteiger partial charge in [-0.1, -0.05) is 31.4 Å². The van der Waals surface area contributed by atoms with Crippen LogP contribution < -0.4 is 10.2 Å². The van der Waals surface area contributed by atoms with E-state index >= 15 is 0 Å². The number of thiazole rings is 1. The van der Waals surface area contributed by atoms with Crippen LogP contribution >= 0.6 is 11.3 Å². The molecule has 3 saturated heterocycles. The molecule has 12 heteroatoms. The van der Waals surface area contributed by atoms with Crippen LogP contribution in [0, 0.1) is 5.92 Å². The summed E-state index contributed by atoms with van der Waals surface area (Å²) in [6.07, 6.45) is 3.16. The minimum Gasteiger partial charge on any atom is -0.388 e. The van der Waals surface area contributed by atoms with Gasteiger partial charge in [-0.2, -0.15) is 0 Å². The van der Waals surface area contributed by atoms with Crippen molar-refractivity contribution in [2.24, 2.45) is 5.92 Å². The molecule has 4 fully saturated rings. The van der Waals surface area contributed by atoms with Crippen molar-refractivity contribution in [1.29, 1.82) is 0 Å². The number of nitrogens with one attached hydrogen (secondary N) is 1. The van der Waals surface area contributed by atoms with Crippen LogP contribution in [0.1, 0.15) is 42.5 Å². The quantitative estimate of drug-likeness (QED) is 0.437. The van der Waals surface area contributed by atoms with Gasteiger partial charge in [-0.3, -0.25) is 19.3 Å². The van der Waals surface area contributed by atoms with Crippen molar-refractivity contribution in [2.75, 3.05) is 64.5 Å². The maximum Gasteiger partial charge on any atom is 0.251 e. The number of rotatable bonds is 9. The maximum atomic E-state index is 13.9. The van der Waals surface area contributed by atoms with Crippen LogP contribution in [0.3, 0.4) is 0 Å². The summed E-state index contributed by atoms with van der Waals surface area (Å²) in [5.74, 6) is -0.856. The average molecular weight is 612 g/mol. The third-order valence-electron chi connectivity index (χ3n) is 9.30. The number of carbonyl (C=O) groups is 3. The van der Waals surface area contributed by atoms with Crippen molar-refractivity contribution < 1.29 is 29.0 Å². The first-order valence-corrected chi connectivity index (χ1v) is 16.3. The third kappa shape index (κ3) is 6.48. The molecule has 3 aliphatic heterocycles. The van der Waals surface area contributed by atoms with E-state index in [1.165, 1.54) is 4.90 Å². The van der Waals surface area contributed by atoms with Crippen molar-refractivity contribution in [2.45, 2.75) is 56.4 Å². The van der Waals surface area contributed by atoms with Gasteiger partial charge in [0.05, 0.1) is 18.8 Å². The summed E-state index contributed by atoms with van der Waals surface area (Å²) in [5, 5.41) is 16.5. The van der Waals surface area contributed by atoms with E-state index in [2.05, 4.69) is 15.1 Å². The standard InChI is InChI=1S/C31H41N5O6S/c1-41-16-15-34-11-13-35(14-12-34)31-32-23(19-43-31)20-7-9-22(10-8-20)29(39)33-26(21-5-3-2-4-6-21)30(40)36-17-24(37)28-27(36)25(38)18-42-28/h7-10,19,21,24,26-28,37H,2-6,11-18H2,1H3,(H,33,39)/t24-,26-,27+,28+/m0/s1. The van der Waals surface area contributed by atoms with Crippen molar-refractivity contribution in [3.63, 3.8) is 0 Å². The Kier molecular flexibility index (Phi) is 9.39. The van der Waals surface area contributed by atoms with E-state index in [0.29, 0.717) is 5.56 Å². The highest BCUT2D eigenvalue weighted by atomic mass is 32.1. The van der Waals surface area contributed by atoms with Gasteiger partial charge < -0.3 is 29.7 Å². The van der Waals surface area contributed by atoms with Gasteiger partial charge in [-0.05, 0) is 30.9 Å². The number of methoxy groups -OCH3 is 1. The number of carbonyl (C=O) groups excluding carboxylic acids is 3. The number of hydrogen-bond acceptors (Lipinski definition) is 10. The Morgan fingerprint density at radius 2 is 1.88 bits per heavy atom. The van der Waals surface area contributed by atoms with Gasteiger partial charge in [-0.25, -0.2) is 4.98 Å². The topological polar surface area (TPSA) is 125 Å². The Balaban J connectivity index is 1.11. The second-order valence-electron chi connectivity index (χ2n) is 12.0. The molecule has 4 atom stereocenters. The van der Waals surface area contributed by atoms with Gasteiger partial charge in [0.15, 0.2) is 10.9 Å². The Labute approximate surface area is 256 Å². The van der Waals surface area contributed by atoms with Gasteiger partial charge >= 0.3 is 0 Å². The first-order valence-electron chi connectivity index (χ1n) is 15.4. The first kappa shape index (κ1) is 30.1. The summed E-state index contributed by atoms with van der Waals surface area (Å²) in [5.41, 5.74) is 2.25. The molecule has 0 radical (unpaired) electrons. The lowest BCUT2D eigenvalue weighted by Crippen LogP contribution is -2.55. The number of aliphatic hydroxyl groups is 1. The number of ether oxygens (including phenoxy) is 2. The molecule has 2 N–H and O–H groups in total. The number of β-amino-alcohol motifs (C(OH)–C–C–N with tert-alkyl or cyclic N) is 1. The number of likely N-dealkylation sites (tertiary alicyclic amines) is 1. The molecule has 4 heterocycles. The van der Waals surface area contributed by atoms with E-state index < -0.39 is 24.3 Å². The van der Waals surface area contributed by atoms with Crippen molar-refractivity contribution in [1.82, 2.24) is 20.1 Å². The Hall–Kier alpha value is -2.90. The molecule has 1 aliphatic carbocycles. The van der Waals surface area contributed by atoms with Gasteiger partial charge in [0.1, 0.15) is 30.9 Å². The minimum atomic E-state index is -0.910. The molecule has 4 aliphatic rings. The van der Waals surface area contributed by atoms with Crippen LogP contribution in [-0.2, 0) is 19.1 Å². The van der Waals surface area contributed by atoms with E-state index in [9.17, 15) is 19.5 Å². The zero-order valence-electron chi connectivity index (χ0n) is 24.7. The van der Waals surface area contributed by atoms with Crippen LogP contribution in [0.2, 0.25) is 0 Å². The molecular formula is C31H41N5O6S. The van der Waals surface area contributed by atoms with Crippen molar-refractivity contribution in [3.8, 4) is 11.3 Å². The molecule has 0 spiro atoms. The summed E-state index contributed by atoms with van der Waals surface area (Å²) in [6.45, 7) is 5.44. The van der Waals surface area contributed by atoms with Crippen LogP contribution in [0.4, 0.5) is 5.13 Å². The number of fused-ring (bicyclic) bond motifs is 1. The van der Waals surface area contributed by atoms with Crippen LogP contribution in [0.15, 0.2) is 29.6 Å². The van der Waals surface area contributed by atoms with Crippen LogP contribution in [-0.4, -0.2) is 121 Å². The summed E-state index contributed by atoms with van der Waals surface area (Å²) < 4.78 is 10.7. The van der Waals surface area contributed by atoms with Crippen molar-refractivity contribution >= 4 is 34.1 Å². The van der Waals surface area contributed by atoms with Crippen molar-refractivity contribution in [3.05, 3.63) is 35.2 Å². The second-order valence-corrected chi connectivity index (χ2v) is 12.8. The first-order chi connectivity index (χ1) is 20.9. The molecule has 0 unspecified atom stereocenters. The molecule has 2 aromatic rings. The Morgan fingerprint density at radius 1 is 1.14 bits per heavy atom. The molecule has 1 aromatic heterocycles. The second kappa shape index (κ2) is 13.4. The molecule has 0 bridgehead atoms. The molecule has 43 heavy (non-hydrogen) atoms. The number of Topliss-reactive ketones (excluding diaryl/α,β-unsaturated/α-hetero) is 1.